The summed E-state index contributed by atoms with van der Waals surface area (Å²) in [7, 11) is 0. The van der Waals surface area contributed by atoms with E-state index in [2.05, 4.69) is 39.5 Å². The molecule has 3 heterocycles. The van der Waals surface area contributed by atoms with Crippen LogP contribution in [0.25, 0.3) is 0 Å². The average Bonchev–Trinajstić information content (AvgIpc) is 2.69. The summed E-state index contributed by atoms with van der Waals surface area (Å²) in [5.74, 6) is 0.332. The summed E-state index contributed by atoms with van der Waals surface area (Å²) in [5, 5.41) is 13.2. The van der Waals surface area contributed by atoms with Crippen molar-refractivity contribution in [2.24, 2.45) is 5.92 Å². The largest absolute Gasteiger partial charge is 0.390 e. The van der Waals surface area contributed by atoms with E-state index >= 15 is 0 Å². The lowest BCUT2D eigenvalue weighted by Gasteiger charge is -2.30. The Balaban J connectivity index is 1.25. The first-order valence-electron chi connectivity index (χ1n) is 9.95. The fourth-order valence-electron chi connectivity index (χ4n) is 3.81. The molecule has 0 bridgehead atoms. The Morgan fingerprint density at radius 3 is 2.89 bits per heavy atom. The molecule has 0 aliphatic carbocycles. The molecule has 0 spiro atoms. The number of rotatable bonds is 7. The molecule has 0 radical (unpaired) electrons. The number of fused-ring (bicyclic) bond motifs is 1. The number of β-amino-alcohol motifs (C(OH)–C–C–N with tert-alkyl or cyclic N) is 1. The van der Waals surface area contributed by atoms with Gasteiger partial charge in [-0.3, -0.25) is 14.7 Å². The lowest BCUT2D eigenvalue weighted by Crippen LogP contribution is -2.42. The zero-order valence-corrected chi connectivity index (χ0v) is 16.0. The van der Waals surface area contributed by atoms with Crippen LogP contribution < -0.4 is 5.32 Å². The first kappa shape index (κ1) is 19.1. The van der Waals surface area contributed by atoms with Crippen LogP contribution in [0.3, 0.4) is 0 Å². The summed E-state index contributed by atoms with van der Waals surface area (Å²) < 4.78 is 5.19. The third kappa shape index (κ3) is 4.76. The van der Waals surface area contributed by atoms with E-state index in [1.807, 2.05) is 6.07 Å². The van der Waals surface area contributed by atoms with Crippen molar-refractivity contribution in [3.05, 3.63) is 65.0 Å². The highest BCUT2D eigenvalue weighted by molar-refractivity contribution is 5.94. The Kier molecular flexibility index (Phi) is 6.00. The van der Waals surface area contributed by atoms with E-state index in [-0.39, 0.29) is 12.5 Å². The molecule has 1 aromatic carbocycles. The predicted molar refractivity (Wildman–Crippen MR) is 106 cm³/mol. The normalized spacial score (nSPS) is 18.2. The molecule has 1 saturated heterocycles. The molecule has 0 saturated carbocycles. The minimum absolute atomic E-state index is 0.170. The van der Waals surface area contributed by atoms with Crippen molar-refractivity contribution in [1.29, 1.82) is 0 Å². The first-order valence-corrected chi connectivity index (χ1v) is 9.95. The van der Waals surface area contributed by atoms with E-state index in [0.717, 1.165) is 44.8 Å². The summed E-state index contributed by atoms with van der Waals surface area (Å²) in [6, 6.07) is 12.0. The number of ether oxygens (including phenoxy) is 1. The maximum Gasteiger partial charge on any atom is 0.251 e. The Hall–Kier alpha value is -2.28. The summed E-state index contributed by atoms with van der Waals surface area (Å²) in [6.07, 6.45) is 2.91. The number of amides is 1. The maximum atomic E-state index is 12.4. The standard InChI is InChI=1S/C22H27N3O3/c26-21(13-25-8-6-17-3-1-2-4-19(17)12-25)11-24-22(27)18-5-7-23-20(10-18)9-16-14-28-15-16/h1-5,7,10,16,21,26H,6,8-9,11-15H2,(H,24,27)/t21-/m0/s1. The molecule has 28 heavy (non-hydrogen) atoms. The molecule has 1 atom stereocenters. The van der Waals surface area contributed by atoms with Gasteiger partial charge in [-0.15, -0.1) is 0 Å². The monoisotopic (exact) mass is 381 g/mol. The van der Waals surface area contributed by atoms with Gasteiger partial charge in [0.15, 0.2) is 0 Å². The fourth-order valence-corrected chi connectivity index (χ4v) is 3.81. The van der Waals surface area contributed by atoms with Crippen molar-refractivity contribution < 1.29 is 14.6 Å². The van der Waals surface area contributed by atoms with Gasteiger partial charge in [-0.05, 0) is 36.1 Å². The summed E-state index contributed by atoms with van der Waals surface area (Å²) >= 11 is 0. The molecule has 4 rings (SSSR count). The van der Waals surface area contributed by atoms with Crippen LogP contribution >= 0.6 is 0 Å². The van der Waals surface area contributed by atoms with Crippen molar-refractivity contribution in [2.45, 2.75) is 25.5 Å². The van der Waals surface area contributed by atoms with Crippen molar-refractivity contribution in [3.63, 3.8) is 0 Å². The van der Waals surface area contributed by atoms with Crippen LogP contribution in [0, 0.1) is 5.92 Å². The van der Waals surface area contributed by atoms with Crippen LogP contribution in [-0.4, -0.2) is 59.8 Å². The number of aromatic nitrogens is 1. The van der Waals surface area contributed by atoms with Gasteiger partial charge in [0.2, 0.25) is 0 Å². The Bertz CT molecular complexity index is 822. The van der Waals surface area contributed by atoms with Gasteiger partial charge in [0.05, 0.1) is 19.3 Å². The Morgan fingerprint density at radius 1 is 1.29 bits per heavy atom. The SMILES string of the molecule is O=C(NC[C@H](O)CN1CCc2ccccc2C1)c1ccnc(CC2COC2)c1. The number of hydrogen-bond acceptors (Lipinski definition) is 5. The molecule has 6 heteroatoms. The zero-order valence-electron chi connectivity index (χ0n) is 16.0. The second kappa shape index (κ2) is 8.82. The van der Waals surface area contributed by atoms with Gasteiger partial charge in [0.1, 0.15) is 0 Å². The van der Waals surface area contributed by atoms with E-state index in [1.54, 1.807) is 12.3 Å². The number of carbonyl (C=O) groups excluding carboxylic acids is 1. The van der Waals surface area contributed by atoms with Crippen LogP contribution in [0.1, 0.15) is 27.2 Å². The molecule has 1 amide bonds. The highest BCUT2D eigenvalue weighted by Crippen LogP contribution is 2.18. The number of hydrogen-bond donors (Lipinski definition) is 2. The number of pyridine rings is 1. The van der Waals surface area contributed by atoms with Gasteiger partial charge in [-0.2, -0.15) is 0 Å². The van der Waals surface area contributed by atoms with Crippen LogP contribution in [-0.2, 0) is 24.1 Å². The molecule has 2 N–H and O–H groups in total. The number of benzene rings is 1. The molecule has 6 nitrogen and oxygen atoms in total. The van der Waals surface area contributed by atoms with Gasteiger partial charge in [0.25, 0.3) is 5.91 Å². The summed E-state index contributed by atoms with van der Waals surface area (Å²) in [4.78, 5) is 19.0. The highest BCUT2D eigenvalue weighted by Gasteiger charge is 2.21. The quantitative estimate of drug-likeness (QED) is 0.759. The highest BCUT2D eigenvalue weighted by atomic mass is 16.5. The molecule has 2 aromatic rings. The zero-order chi connectivity index (χ0) is 19.3. The summed E-state index contributed by atoms with van der Waals surface area (Å²) in [5.41, 5.74) is 4.22. The first-order chi connectivity index (χ1) is 13.7. The van der Waals surface area contributed by atoms with Gasteiger partial charge < -0.3 is 15.2 Å². The number of carbonyl (C=O) groups is 1. The van der Waals surface area contributed by atoms with Gasteiger partial charge >= 0.3 is 0 Å². The molecule has 1 aromatic heterocycles. The smallest absolute Gasteiger partial charge is 0.251 e. The Labute approximate surface area is 165 Å². The molecular formula is C22H27N3O3. The number of nitrogens with one attached hydrogen (secondary N) is 1. The van der Waals surface area contributed by atoms with Crippen molar-refractivity contribution in [3.8, 4) is 0 Å². The molecule has 2 aliphatic rings. The van der Waals surface area contributed by atoms with Crippen molar-refractivity contribution in [2.75, 3.05) is 32.8 Å². The molecule has 1 fully saturated rings. The third-order valence-electron chi connectivity index (χ3n) is 5.46. The third-order valence-corrected chi connectivity index (χ3v) is 5.46. The van der Waals surface area contributed by atoms with E-state index in [0.29, 0.717) is 18.0 Å². The molecule has 148 valence electrons. The van der Waals surface area contributed by atoms with Gasteiger partial charge in [0, 0.05) is 49.6 Å². The lowest BCUT2D eigenvalue weighted by molar-refractivity contribution is -0.0316. The van der Waals surface area contributed by atoms with E-state index in [9.17, 15) is 9.90 Å². The van der Waals surface area contributed by atoms with Crippen molar-refractivity contribution >= 4 is 5.91 Å². The predicted octanol–water partition coefficient (Wildman–Crippen LogP) is 1.42. The number of aliphatic hydroxyl groups is 1. The Morgan fingerprint density at radius 2 is 2.11 bits per heavy atom. The molecule has 0 unspecified atom stereocenters. The minimum atomic E-state index is -0.595. The van der Waals surface area contributed by atoms with Crippen LogP contribution in [0.15, 0.2) is 42.6 Å². The maximum absolute atomic E-state index is 12.4. The minimum Gasteiger partial charge on any atom is -0.390 e. The van der Waals surface area contributed by atoms with Gasteiger partial charge in [-0.1, -0.05) is 24.3 Å². The molecule has 2 aliphatic heterocycles. The molecular weight excluding hydrogens is 354 g/mol. The topological polar surface area (TPSA) is 74.7 Å². The fraction of sp³-hybridized carbons (Fsp3) is 0.455. The number of nitrogens with zero attached hydrogens (tertiary/aromatic N) is 2. The number of aliphatic hydroxyl groups excluding tert-OH is 1. The lowest BCUT2D eigenvalue weighted by atomic mass is 10.00. The van der Waals surface area contributed by atoms with Crippen molar-refractivity contribution in [1.82, 2.24) is 15.2 Å². The van der Waals surface area contributed by atoms with Crippen LogP contribution in [0.4, 0.5) is 0 Å². The average molecular weight is 381 g/mol. The van der Waals surface area contributed by atoms with E-state index < -0.39 is 6.10 Å². The second-order valence-corrected chi connectivity index (χ2v) is 7.76. The second-order valence-electron chi connectivity index (χ2n) is 7.76. The van der Waals surface area contributed by atoms with E-state index in [4.69, 9.17) is 4.74 Å². The van der Waals surface area contributed by atoms with Crippen LogP contribution in [0.5, 0.6) is 0 Å². The summed E-state index contributed by atoms with van der Waals surface area (Å²) in [6.45, 7) is 4.11. The van der Waals surface area contributed by atoms with E-state index in [1.165, 1.54) is 11.1 Å². The van der Waals surface area contributed by atoms with Crippen LogP contribution in [0.2, 0.25) is 0 Å². The van der Waals surface area contributed by atoms with Gasteiger partial charge in [-0.25, -0.2) is 0 Å².